The van der Waals surface area contributed by atoms with E-state index in [1.807, 2.05) is 23.5 Å². The second kappa shape index (κ2) is 6.44. The number of aromatic nitrogens is 2. The van der Waals surface area contributed by atoms with Gasteiger partial charge in [0.1, 0.15) is 5.69 Å². The van der Waals surface area contributed by atoms with E-state index in [0.717, 1.165) is 17.2 Å². The molecule has 1 aliphatic heterocycles. The maximum atomic E-state index is 5.66. The van der Waals surface area contributed by atoms with Crippen LogP contribution in [0.15, 0.2) is 12.4 Å². The molecular weight excluding hydrogens is 256 g/mol. The summed E-state index contributed by atoms with van der Waals surface area (Å²) in [5, 5.41) is 0.407. The normalized spacial score (nSPS) is 22.1. The van der Waals surface area contributed by atoms with Gasteiger partial charge in [0.2, 0.25) is 5.88 Å². The van der Waals surface area contributed by atoms with Crippen LogP contribution in [0.1, 0.15) is 11.7 Å². The van der Waals surface area contributed by atoms with E-state index in [1.54, 1.807) is 19.5 Å². The van der Waals surface area contributed by atoms with Crippen LogP contribution in [0.5, 0.6) is 5.88 Å². The SMILES string of the molecule is COc1nccnc1C(NN)C1CSCCS1. The number of methoxy groups -OCH3 is 1. The van der Waals surface area contributed by atoms with E-state index < -0.39 is 0 Å². The van der Waals surface area contributed by atoms with Crippen LogP contribution in [0.2, 0.25) is 0 Å². The molecule has 0 bridgehead atoms. The fourth-order valence-electron chi connectivity index (χ4n) is 1.77. The van der Waals surface area contributed by atoms with Crippen LogP contribution in [0, 0.1) is 0 Å². The summed E-state index contributed by atoms with van der Waals surface area (Å²) in [6.45, 7) is 0. The minimum atomic E-state index is -0.0172. The molecule has 1 aliphatic rings. The second-order valence-electron chi connectivity index (χ2n) is 3.58. The summed E-state index contributed by atoms with van der Waals surface area (Å²) >= 11 is 3.87. The van der Waals surface area contributed by atoms with Crippen molar-refractivity contribution in [2.45, 2.75) is 11.3 Å². The number of hydrogen-bond acceptors (Lipinski definition) is 7. The van der Waals surface area contributed by atoms with Gasteiger partial charge in [0.15, 0.2) is 0 Å². The van der Waals surface area contributed by atoms with Gasteiger partial charge in [-0.2, -0.15) is 23.5 Å². The molecule has 0 aromatic carbocycles. The summed E-state index contributed by atoms with van der Waals surface area (Å²) in [6.07, 6.45) is 3.29. The molecule has 1 fully saturated rings. The Kier molecular flexibility index (Phi) is 4.90. The zero-order valence-electron chi connectivity index (χ0n) is 9.63. The van der Waals surface area contributed by atoms with Crippen LogP contribution in [-0.2, 0) is 0 Å². The predicted molar refractivity (Wildman–Crippen MR) is 72.2 cm³/mol. The molecule has 0 aliphatic carbocycles. The van der Waals surface area contributed by atoms with Crippen LogP contribution >= 0.6 is 23.5 Å². The molecule has 5 nitrogen and oxygen atoms in total. The molecular formula is C10H16N4OS2. The Balaban J connectivity index is 2.21. The number of nitrogens with one attached hydrogen (secondary N) is 1. The number of nitrogens with two attached hydrogens (primary N) is 1. The first-order chi connectivity index (χ1) is 8.36. The van der Waals surface area contributed by atoms with Crippen LogP contribution in [0.25, 0.3) is 0 Å². The fourth-order valence-corrected chi connectivity index (χ4v) is 4.59. The largest absolute Gasteiger partial charge is 0.480 e. The summed E-state index contributed by atoms with van der Waals surface area (Å²) < 4.78 is 5.23. The van der Waals surface area contributed by atoms with E-state index in [1.165, 1.54) is 5.75 Å². The lowest BCUT2D eigenvalue weighted by Gasteiger charge is -2.28. The Morgan fingerprint density at radius 2 is 2.29 bits per heavy atom. The number of thioether (sulfide) groups is 2. The molecule has 0 radical (unpaired) electrons. The van der Waals surface area contributed by atoms with Crippen LogP contribution in [0.3, 0.4) is 0 Å². The number of hydrogen-bond donors (Lipinski definition) is 2. The molecule has 0 spiro atoms. The van der Waals surface area contributed by atoms with E-state index >= 15 is 0 Å². The van der Waals surface area contributed by atoms with Gasteiger partial charge in [0.25, 0.3) is 0 Å². The monoisotopic (exact) mass is 272 g/mol. The summed E-state index contributed by atoms with van der Waals surface area (Å²) in [6, 6.07) is -0.0172. The highest BCUT2D eigenvalue weighted by atomic mass is 32.2. The van der Waals surface area contributed by atoms with Crippen molar-refractivity contribution in [3.63, 3.8) is 0 Å². The third-order valence-electron chi connectivity index (χ3n) is 2.57. The summed E-state index contributed by atoms with van der Waals surface area (Å²) in [4.78, 5) is 8.51. The van der Waals surface area contributed by atoms with Crippen molar-refractivity contribution in [1.82, 2.24) is 15.4 Å². The first-order valence-electron chi connectivity index (χ1n) is 5.37. The van der Waals surface area contributed by atoms with Crippen molar-refractivity contribution in [3.8, 4) is 5.88 Å². The van der Waals surface area contributed by atoms with E-state index in [9.17, 15) is 0 Å². The first-order valence-corrected chi connectivity index (χ1v) is 7.57. The Morgan fingerprint density at radius 3 is 2.94 bits per heavy atom. The molecule has 0 amide bonds. The van der Waals surface area contributed by atoms with E-state index in [0.29, 0.717) is 11.1 Å². The molecule has 3 N–H and O–H groups in total. The Bertz CT molecular complexity index is 360. The van der Waals surface area contributed by atoms with Crippen molar-refractivity contribution in [2.75, 3.05) is 24.4 Å². The summed E-state index contributed by atoms with van der Waals surface area (Å²) in [5.41, 5.74) is 3.64. The average Bonchev–Trinajstić information content (AvgIpc) is 2.41. The maximum absolute atomic E-state index is 5.66. The van der Waals surface area contributed by atoms with Gasteiger partial charge in [0, 0.05) is 34.9 Å². The molecule has 17 heavy (non-hydrogen) atoms. The fraction of sp³-hybridized carbons (Fsp3) is 0.600. The molecule has 1 aromatic heterocycles. The number of nitrogens with zero attached hydrogens (tertiary/aromatic N) is 2. The van der Waals surface area contributed by atoms with Crippen molar-refractivity contribution in [1.29, 1.82) is 0 Å². The lowest BCUT2D eigenvalue weighted by Crippen LogP contribution is -2.38. The summed E-state index contributed by atoms with van der Waals surface area (Å²) in [7, 11) is 1.60. The van der Waals surface area contributed by atoms with Gasteiger partial charge in [-0.05, 0) is 0 Å². The standard InChI is InChI=1S/C10H16N4OS2/c1-15-10-9(12-2-3-13-10)8(14-11)7-6-16-4-5-17-7/h2-3,7-8,14H,4-6,11H2,1H3. The lowest BCUT2D eigenvalue weighted by atomic mass is 10.1. The lowest BCUT2D eigenvalue weighted by molar-refractivity contribution is 0.377. The predicted octanol–water partition coefficient (Wildman–Crippen LogP) is 0.838. The van der Waals surface area contributed by atoms with Crippen molar-refractivity contribution >= 4 is 23.5 Å². The highest BCUT2D eigenvalue weighted by Crippen LogP contribution is 2.34. The maximum Gasteiger partial charge on any atom is 0.237 e. The topological polar surface area (TPSA) is 73.1 Å². The van der Waals surface area contributed by atoms with Crippen molar-refractivity contribution in [2.24, 2.45) is 5.84 Å². The summed E-state index contributed by atoms with van der Waals surface area (Å²) in [5.74, 6) is 9.63. The highest BCUT2D eigenvalue weighted by molar-refractivity contribution is 8.06. The number of ether oxygens (including phenoxy) is 1. The molecule has 1 aromatic rings. The Hall–Kier alpha value is -0.500. The zero-order valence-corrected chi connectivity index (χ0v) is 11.3. The van der Waals surface area contributed by atoms with Crippen LogP contribution in [-0.4, -0.2) is 39.6 Å². The molecule has 2 heterocycles. The third-order valence-corrected chi connectivity index (χ3v) is 5.44. The molecule has 94 valence electrons. The van der Waals surface area contributed by atoms with Crippen molar-refractivity contribution in [3.05, 3.63) is 18.1 Å². The Morgan fingerprint density at radius 1 is 1.47 bits per heavy atom. The molecule has 0 saturated carbocycles. The smallest absolute Gasteiger partial charge is 0.237 e. The van der Waals surface area contributed by atoms with Crippen LogP contribution in [0.4, 0.5) is 0 Å². The van der Waals surface area contributed by atoms with E-state index in [2.05, 4.69) is 15.4 Å². The van der Waals surface area contributed by atoms with Gasteiger partial charge in [-0.25, -0.2) is 4.98 Å². The third kappa shape index (κ3) is 3.04. The molecule has 1 saturated heterocycles. The quantitative estimate of drug-likeness (QED) is 0.621. The second-order valence-corrected chi connectivity index (χ2v) is 6.08. The molecule has 7 heteroatoms. The van der Waals surface area contributed by atoms with Gasteiger partial charge in [-0.1, -0.05) is 0 Å². The molecule has 2 unspecified atom stereocenters. The zero-order chi connectivity index (χ0) is 12.1. The van der Waals surface area contributed by atoms with E-state index in [4.69, 9.17) is 10.6 Å². The number of hydrazine groups is 1. The van der Waals surface area contributed by atoms with Gasteiger partial charge in [-0.15, -0.1) is 0 Å². The highest BCUT2D eigenvalue weighted by Gasteiger charge is 2.28. The van der Waals surface area contributed by atoms with Crippen molar-refractivity contribution < 1.29 is 4.74 Å². The average molecular weight is 272 g/mol. The molecule has 2 rings (SSSR count). The van der Waals surface area contributed by atoms with E-state index in [-0.39, 0.29) is 6.04 Å². The minimum absolute atomic E-state index is 0.0172. The molecule has 2 atom stereocenters. The van der Waals surface area contributed by atoms with Gasteiger partial charge < -0.3 is 4.74 Å². The first kappa shape index (κ1) is 12.9. The van der Waals surface area contributed by atoms with Gasteiger partial charge in [0.05, 0.1) is 13.2 Å². The van der Waals surface area contributed by atoms with Gasteiger partial charge in [-0.3, -0.25) is 16.3 Å². The Labute approximate surface area is 109 Å². The van der Waals surface area contributed by atoms with Gasteiger partial charge >= 0.3 is 0 Å². The van der Waals surface area contributed by atoms with Crippen LogP contribution < -0.4 is 16.0 Å². The number of rotatable bonds is 4. The minimum Gasteiger partial charge on any atom is -0.480 e.